The van der Waals surface area contributed by atoms with Crippen LogP contribution in [-0.4, -0.2) is 24.9 Å². The van der Waals surface area contributed by atoms with Crippen LogP contribution < -0.4 is 0 Å². The molecule has 5 heteroatoms. The molecule has 0 heterocycles. The summed E-state index contributed by atoms with van der Waals surface area (Å²) in [6.07, 6.45) is 10.3. The van der Waals surface area contributed by atoms with Crippen molar-refractivity contribution in [2.24, 2.45) is 0 Å². The van der Waals surface area contributed by atoms with Crippen LogP contribution in [0.5, 0.6) is 0 Å². The fourth-order valence-corrected chi connectivity index (χ4v) is 2.39. The van der Waals surface area contributed by atoms with E-state index in [2.05, 4.69) is 37.4 Å². The smallest absolute Gasteiger partial charge is 0.389 e. The Labute approximate surface area is 142 Å². The normalized spacial score (nSPS) is 14.6. The minimum absolute atomic E-state index is 0.220. The topological polar surface area (TPSA) is 55.8 Å². The third-order valence-corrected chi connectivity index (χ3v) is 4.05. The van der Waals surface area contributed by atoms with E-state index in [4.69, 9.17) is 4.52 Å². The zero-order valence-corrected chi connectivity index (χ0v) is 16.1. The summed E-state index contributed by atoms with van der Waals surface area (Å²) in [5.74, 6) is 0. The highest BCUT2D eigenvalue weighted by molar-refractivity contribution is 7.33. The maximum atomic E-state index is 10.9. The molecule has 0 aliphatic rings. The highest BCUT2D eigenvalue weighted by Gasteiger charge is 2.17. The van der Waals surface area contributed by atoms with Gasteiger partial charge in [-0.15, -0.1) is 9.05 Å². The Morgan fingerprint density at radius 2 is 1.70 bits per heavy atom. The quantitative estimate of drug-likeness (QED) is 0.377. The predicted molar refractivity (Wildman–Crippen MR) is 96.6 cm³/mol. The fraction of sp³-hybridized carbons (Fsp3) is 0.667. The summed E-state index contributed by atoms with van der Waals surface area (Å²) in [6, 6.07) is 0. The van der Waals surface area contributed by atoms with Crippen LogP contribution >= 0.6 is 8.25 Å². The van der Waals surface area contributed by atoms with E-state index < -0.39 is 14.4 Å². The Hall–Kier alpha value is -0.800. The first-order chi connectivity index (χ1) is 10.8. The van der Waals surface area contributed by atoms with Gasteiger partial charge in [0, 0.05) is 11.0 Å². The molecule has 132 valence electrons. The molecule has 0 saturated carbocycles. The van der Waals surface area contributed by atoms with Gasteiger partial charge in [0.15, 0.2) is 0 Å². The number of aliphatic hydroxyl groups excluding tert-OH is 1. The molecular formula is C18H32O4P+. The summed E-state index contributed by atoms with van der Waals surface area (Å²) in [7, 11) is -0.721. The molecule has 0 aliphatic carbocycles. The van der Waals surface area contributed by atoms with Crippen molar-refractivity contribution >= 4 is 8.25 Å². The summed E-state index contributed by atoms with van der Waals surface area (Å²) in [5, 5.41) is 9.87. The van der Waals surface area contributed by atoms with Crippen molar-refractivity contribution in [3.63, 3.8) is 0 Å². The van der Waals surface area contributed by atoms with Gasteiger partial charge in [0.1, 0.15) is 6.61 Å². The third kappa shape index (κ3) is 14.5. The molecule has 0 fully saturated rings. The summed E-state index contributed by atoms with van der Waals surface area (Å²) < 4.78 is 20.3. The second kappa shape index (κ2) is 13.6. The molecule has 2 unspecified atom stereocenters. The molecule has 0 rings (SSSR count). The fourth-order valence-electron chi connectivity index (χ4n) is 2.03. The minimum Gasteiger partial charge on any atom is -0.389 e. The average Bonchev–Trinajstić information content (AvgIpc) is 2.46. The van der Waals surface area contributed by atoms with E-state index in [-0.39, 0.29) is 6.61 Å². The monoisotopic (exact) mass is 343 g/mol. The standard InChI is InChI=1S/C18H32O4P/c1-15(2)8-6-9-16(3)10-7-11-17(4)14-18(19)12-13-22-23(20)21-5/h8,10,14,18-19H,6-7,9,11-13H2,1-5H3/q+1. The summed E-state index contributed by atoms with van der Waals surface area (Å²) in [6.45, 7) is 8.65. The van der Waals surface area contributed by atoms with Gasteiger partial charge in [-0.1, -0.05) is 34.9 Å². The molecule has 0 radical (unpaired) electrons. The van der Waals surface area contributed by atoms with Crippen molar-refractivity contribution in [1.82, 2.24) is 0 Å². The molecule has 2 atom stereocenters. The van der Waals surface area contributed by atoms with E-state index in [0.717, 1.165) is 31.3 Å². The van der Waals surface area contributed by atoms with Gasteiger partial charge in [-0.05, 0) is 53.4 Å². The Morgan fingerprint density at radius 3 is 2.30 bits per heavy atom. The highest BCUT2D eigenvalue weighted by Crippen LogP contribution is 2.22. The summed E-state index contributed by atoms with van der Waals surface area (Å²) in [5.41, 5.74) is 3.93. The third-order valence-electron chi connectivity index (χ3n) is 3.36. The lowest BCUT2D eigenvalue weighted by Gasteiger charge is -2.06. The van der Waals surface area contributed by atoms with Crippen molar-refractivity contribution < 1.29 is 18.7 Å². The highest BCUT2D eigenvalue weighted by atomic mass is 31.1. The minimum atomic E-state index is -2.05. The molecule has 0 saturated heterocycles. The number of rotatable bonds is 12. The zero-order chi connectivity index (χ0) is 17.7. The van der Waals surface area contributed by atoms with Crippen LogP contribution in [-0.2, 0) is 13.6 Å². The molecule has 0 aliphatic heterocycles. The van der Waals surface area contributed by atoms with Crippen molar-refractivity contribution in [2.45, 2.75) is 65.9 Å². The van der Waals surface area contributed by atoms with Crippen molar-refractivity contribution in [1.29, 1.82) is 0 Å². The predicted octanol–water partition coefficient (Wildman–Crippen LogP) is 5.48. The molecule has 4 nitrogen and oxygen atoms in total. The molecule has 1 N–H and O–H groups in total. The Balaban J connectivity index is 4.00. The van der Waals surface area contributed by atoms with Crippen molar-refractivity contribution in [2.75, 3.05) is 13.7 Å². The first kappa shape index (κ1) is 22.2. The van der Waals surface area contributed by atoms with Crippen LogP contribution in [0.15, 0.2) is 34.9 Å². The summed E-state index contributed by atoms with van der Waals surface area (Å²) in [4.78, 5) is 0. The van der Waals surface area contributed by atoms with Gasteiger partial charge in [-0.2, -0.15) is 0 Å². The van der Waals surface area contributed by atoms with Gasteiger partial charge in [0.2, 0.25) is 0 Å². The average molecular weight is 343 g/mol. The molecular weight excluding hydrogens is 311 g/mol. The van der Waals surface area contributed by atoms with Gasteiger partial charge >= 0.3 is 8.25 Å². The molecule has 0 aromatic rings. The van der Waals surface area contributed by atoms with Crippen LogP contribution in [0.25, 0.3) is 0 Å². The van der Waals surface area contributed by atoms with E-state index in [0.29, 0.717) is 6.42 Å². The van der Waals surface area contributed by atoms with Crippen LogP contribution in [0.3, 0.4) is 0 Å². The molecule has 23 heavy (non-hydrogen) atoms. The Morgan fingerprint density at radius 1 is 1.09 bits per heavy atom. The Bertz CT molecular complexity index is 434. The van der Waals surface area contributed by atoms with E-state index in [9.17, 15) is 9.67 Å². The maximum Gasteiger partial charge on any atom is 0.697 e. The molecule has 0 aromatic carbocycles. The number of aliphatic hydroxyl groups is 1. The first-order valence-electron chi connectivity index (χ1n) is 8.13. The SMILES string of the molecule is CO[P+](=O)OCCC(O)C=C(C)CCC=C(C)CCC=C(C)C. The number of allylic oxidation sites excluding steroid dienone is 5. The summed E-state index contributed by atoms with van der Waals surface area (Å²) >= 11 is 0. The van der Waals surface area contributed by atoms with Crippen molar-refractivity contribution in [3.8, 4) is 0 Å². The number of hydrogen-bond acceptors (Lipinski definition) is 4. The lowest BCUT2D eigenvalue weighted by atomic mass is 10.1. The Kier molecular flexibility index (Phi) is 13.1. The molecule has 0 aromatic heterocycles. The number of hydrogen-bond donors (Lipinski definition) is 1. The lowest BCUT2D eigenvalue weighted by Crippen LogP contribution is -2.06. The maximum absolute atomic E-state index is 10.9. The lowest BCUT2D eigenvalue weighted by molar-refractivity contribution is 0.170. The molecule has 0 spiro atoms. The van der Waals surface area contributed by atoms with Gasteiger partial charge in [0.05, 0.1) is 13.2 Å². The van der Waals surface area contributed by atoms with Crippen LogP contribution in [0.1, 0.15) is 59.8 Å². The van der Waals surface area contributed by atoms with Crippen molar-refractivity contribution in [3.05, 3.63) is 34.9 Å². The van der Waals surface area contributed by atoms with Gasteiger partial charge in [0.25, 0.3) is 0 Å². The van der Waals surface area contributed by atoms with Gasteiger partial charge in [-0.25, -0.2) is 0 Å². The molecule has 0 amide bonds. The second-order valence-corrected chi connectivity index (χ2v) is 7.09. The van der Waals surface area contributed by atoms with E-state index >= 15 is 0 Å². The van der Waals surface area contributed by atoms with E-state index in [1.54, 1.807) is 0 Å². The van der Waals surface area contributed by atoms with Crippen LogP contribution in [0.4, 0.5) is 0 Å². The van der Waals surface area contributed by atoms with Gasteiger partial charge < -0.3 is 5.11 Å². The van der Waals surface area contributed by atoms with Gasteiger partial charge in [-0.3, -0.25) is 0 Å². The van der Waals surface area contributed by atoms with E-state index in [1.165, 1.54) is 18.3 Å². The van der Waals surface area contributed by atoms with Crippen LogP contribution in [0, 0.1) is 0 Å². The zero-order valence-electron chi connectivity index (χ0n) is 15.2. The second-order valence-electron chi connectivity index (χ2n) is 6.02. The molecule has 0 bridgehead atoms. The largest absolute Gasteiger partial charge is 0.697 e. The van der Waals surface area contributed by atoms with E-state index in [1.807, 2.05) is 13.0 Å². The first-order valence-corrected chi connectivity index (χ1v) is 9.23. The van der Waals surface area contributed by atoms with Crippen LogP contribution in [0.2, 0.25) is 0 Å².